The van der Waals surface area contributed by atoms with E-state index >= 15 is 0 Å². The molecule has 4 nitrogen and oxygen atoms in total. The second-order valence-corrected chi connectivity index (χ2v) is 3.00. The molecule has 0 aromatic rings. The molecule has 0 fully saturated rings. The first-order valence-corrected chi connectivity index (χ1v) is 4.90. The molecule has 0 unspecified atom stereocenters. The molecule has 0 rings (SSSR count). The van der Waals surface area contributed by atoms with Crippen molar-refractivity contribution >= 4 is 20.1 Å². The Labute approximate surface area is 36.7 Å². The van der Waals surface area contributed by atoms with Gasteiger partial charge in [-0.1, -0.05) is 0 Å². The summed E-state index contributed by atoms with van der Waals surface area (Å²) in [4.78, 5) is 0. The summed E-state index contributed by atoms with van der Waals surface area (Å²) in [5.41, 5.74) is 0. The van der Waals surface area contributed by atoms with Gasteiger partial charge in [0.2, 0.25) is 0 Å². The van der Waals surface area contributed by atoms with Gasteiger partial charge in [0.1, 0.15) is 0 Å². The fraction of sp³-hybridized carbons (Fsp3) is 0. The number of hydrogen-bond acceptors (Lipinski definition) is 4. The van der Waals surface area contributed by atoms with Crippen molar-refractivity contribution in [2.24, 2.45) is 0 Å². The van der Waals surface area contributed by atoms with Crippen LogP contribution in [-0.2, 0) is 3.02 Å². The summed E-state index contributed by atoms with van der Waals surface area (Å²) >= 11 is -6.10. The molecule has 32 valence electrons. The average molecular weight is 188 g/mol. The Morgan fingerprint density at radius 1 is 1.40 bits per heavy atom. The van der Waals surface area contributed by atoms with Crippen LogP contribution in [-0.4, -0.2) is 20.1 Å². The van der Waals surface area contributed by atoms with Crippen LogP contribution in [0.2, 0.25) is 0 Å². The van der Waals surface area contributed by atoms with E-state index in [2.05, 4.69) is 0 Å². The van der Waals surface area contributed by atoms with Gasteiger partial charge in [0.15, 0.2) is 0 Å². The molecule has 0 aliphatic heterocycles. The van der Waals surface area contributed by atoms with Crippen LogP contribution >= 0.6 is 0 Å². The molecule has 0 spiro atoms. The van der Waals surface area contributed by atoms with Crippen molar-refractivity contribution in [3.8, 4) is 0 Å². The Bertz CT molecular complexity index is 55.8. The molecule has 0 atom stereocenters. The van der Waals surface area contributed by atoms with E-state index in [4.69, 9.17) is 13.2 Å². The van der Waals surface area contributed by atoms with Crippen LogP contribution in [0.4, 0.5) is 0 Å². The molecule has 0 aliphatic carbocycles. The molecule has 0 aliphatic rings. The minimum absolute atomic E-state index is 0. The molecule has 0 heterocycles. The summed E-state index contributed by atoms with van der Waals surface area (Å²) in [5.74, 6) is 0. The fourth-order valence-electron chi connectivity index (χ4n) is 0. The van der Waals surface area contributed by atoms with Crippen LogP contribution in [0.25, 0.3) is 0 Å². The second kappa shape index (κ2) is 1.30. The Balaban J connectivity index is -0.0000000800. The molecule has 0 bridgehead atoms. The van der Waals surface area contributed by atoms with Crippen LogP contribution < -0.4 is 10.2 Å². The van der Waals surface area contributed by atoms with Crippen molar-refractivity contribution in [3.05, 3.63) is 0 Å². The molecule has 0 radical (unpaired) electrons. The SMILES string of the molecule is [H+].[H+].[O]=[Sb]([O-])([O-])[O-]. The zero-order chi connectivity index (χ0) is 4.50. The molecular formula is H2O4Sb-. The van der Waals surface area contributed by atoms with Crippen LogP contribution in [0.1, 0.15) is 2.85 Å². The van der Waals surface area contributed by atoms with Gasteiger partial charge in [-0.2, -0.15) is 0 Å². The molecule has 0 saturated heterocycles. The third-order valence-corrected chi connectivity index (χ3v) is 0. The zero-order valence-electron chi connectivity index (χ0n) is 4.08. The summed E-state index contributed by atoms with van der Waals surface area (Å²) < 4.78 is 34.6. The van der Waals surface area contributed by atoms with Gasteiger partial charge in [0.05, 0.1) is 0 Å². The maximum absolute atomic E-state index is 8.64. The maximum atomic E-state index is 8.64. The first kappa shape index (κ1) is 5.50. The van der Waals surface area contributed by atoms with Crippen molar-refractivity contribution in [2.45, 2.75) is 0 Å². The van der Waals surface area contributed by atoms with Crippen molar-refractivity contribution in [2.75, 3.05) is 0 Å². The Morgan fingerprint density at radius 2 is 1.40 bits per heavy atom. The Hall–Kier alpha value is 0.498. The van der Waals surface area contributed by atoms with Gasteiger partial charge >= 0.3 is 36.1 Å². The summed E-state index contributed by atoms with van der Waals surface area (Å²) in [6.45, 7) is 0. The van der Waals surface area contributed by atoms with E-state index in [1.165, 1.54) is 0 Å². The molecule has 0 N–H and O–H groups in total. The minimum atomic E-state index is -6.10. The third kappa shape index (κ3) is 113. The van der Waals surface area contributed by atoms with Crippen LogP contribution in [0.3, 0.4) is 0 Å². The van der Waals surface area contributed by atoms with E-state index in [-0.39, 0.29) is 2.85 Å². The third-order valence-electron chi connectivity index (χ3n) is 0. The summed E-state index contributed by atoms with van der Waals surface area (Å²) in [6.07, 6.45) is 0. The van der Waals surface area contributed by atoms with Gasteiger partial charge in [0.25, 0.3) is 0 Å². The fourth-order valence-corrected chi connectivity index (χ4v) is 0. The Kier molecular flexibility index (Phi) is 1.43. The van der Waals surface area contributed by atoms with E-state index in [1.54, 1.807) is 0 Å². The normalized spacial score (nSPS) is 11.8. The van der Waals surface area contributed by atoms with Crippen molar-refractivity contribution in [1.82, 2.24) is 0 Å². The average Bonchev–Trinajstić information content (AvgIpc) is 0.722. The Morgan fingerprint density at radius 3 is 1.40 bits per heavy atom. The van der Waals surface area contributed by atoms with Crippen molar-refractivity contribution in [1.29, 1.82) is 0 Å². The molecular weight excluding hydrogens is 186 g/mol. The predicted molar refractivity (Wildman–Crippen MR) is 8.66 cm³/mol. The quantitative estimate of drug-likeness (QED) is 0.364. The van der Waals surface area contributed by atoms with Gasteiger partial charge < -0.3 is 0 Å². The monoisotopic (exact) mass is 187 g/mol. The predicted octanol–water partition coefficient (Wildman–Crippen LogP) is -3.84. The van der Waals surface area contributed by atoms with Gasteiger partial charge in [-0.15, -0.1) is 0 Å². The molecule has 5 heavy (non-hydrogen) atoms. The first-order chi connectivity index (χ1) is 2.00. The van der Waals surface area contributed by atoms with E-state index in [1.807, 2.05) is 0 Å². The van der Waals surface area contributed by atoms with Gasteiger partial charge in [-0.3, -0.25) is 0 Å². The molecule has 0 saturated carbocycles. The van der Waals surface area contributed by atoms with Gasteiger partial charge in [-0.05, 0) is 0 Å². The molecule has 0 amide bonds. The van der Waals surface area contributed by atoms with Gasteiger partial charge in [-0.25, -0.2) is 0 Å². The van der Waals surface area contributed by atoms with Crippen LogP contribution in [0.5, 0.6) is 0 Å². The van der Waals surface area contributed by atoms with E-state index < -0.39 is 20.1 Å². The first-order valence-electron chi connectivity index (χ1n) is 0.730. The second-order valence-electron chi connectivity index (χ2n) is 0.447. The zero-order valence-corrected chi connectivity index (χ0v) is 4.63. The topological polar surface area (TPSA) is 86.2 Å². The van der Waals surface area contributed by atoms with E-state index in [9.17, 15) is 0 Å². The van der Waals surface area contributed by atoms with Crippen LogP contribution in [0, 0.1) is 0 Å². The number of rotatable bonds is 0. The van der Waals surface area contributed by atoms with Crippen molar-refractivity contribution < 1.29 is 16.0 Å². The summed E-state index contributed by atoms with van der Waals surface area (Å²) in [6, 6.07) is 0. The van der Waals surface area contributed by atoms with Crippen LogP contribution in [0.15, 0.2) is 0 Å². The summed E-state index contributed by atoms with van der Waals surface area (Å²) in [7, 11) is 0. The van der Waals surface area contributed by atoms with E-state index in [0.717, 1.165) is 0 Å². The summed E-state index contributed by atoms with van der Waals surface area (Å²) in [5, 5.41) is 0. The van der Waals surface area contributed by atoms with Crippen molar-refractivity contribution in [3.63, 3.8) is 0 Å². The molecule has 0 aromatic heterocycles. The standard InChI is InChI=1S/4O.Sb/q;3*-1;/p+2. The van der Waals surface area contributed by atoms with E-state index in [0.29, 0.717) is 0 Å². The molecule has 0 aromatic carbocycles. The van der Waals surface area contributed by atoms with Gasteiger partial charge in [0, 0.05) is 0 Å². The molecule has 5 heteroatoms. The number of hydrogen-bond donors (Lipinski definition) is 0.